The van der Waals surface area contributed by atoms with Crippen LogP contribution < -0.4 is 0 Å². The molecule has 0 radical (unpaired) electrons. The highest BCUT2D eigenvalue weighted by molar-refractivity contribution is 5.89. The molecular formula is C14H18O6. The minimum absolute atomic E-state index is 0.0625. The largest absolute Gasteiger partial charge is 0.467 e. The zero-order valence-corrected chi connectivity index (χ0v) is 11.2. The summed E-state index contributed by atoms with van der Waals surface area (Å²) in [5.74, 6) is -0.857. The predicted octanol–water partition coefficient (Wildman–Crippen LogP) is 0.473. The van der Waals surface area contributed by atoms with E-state index in [2.05, 4.69) is 4.74 Å². The summed E-state index contributed by atoms with van der Waals surface area (Å²) < 4.78 is 9.50. The monoisotopic (exact) mass is 282 g/mol. The minimum Gasteiger partial charge on any atom is -0.467 e. The predicted molar refractivity (Wildman–Crippen MR) is 70.2 cm³/mol. The van der Waals surface area contributed by atoms with E-state index in [0.29, 0.717) is 12.0 Å². The van der Waals surface area contributed by atoms with Gasteiger partial charge in [0.2, 0.25) is 0 Å². The van der Waals surface area contributed by atoms with E-state index in [1.165, 1.54) is 6.92 Å². The summed E-state index contributed by atoms with van der Waals surface area (Å²) in [6.07, 6.45) is -0.711. The molecule has 2 atom stereocenters. The van der Waals surface area contributed by atoms with Crippen LogP contribution in [0.3, 0.4) is 0 Å². The van der Waals surface area contributed by atoms with Crippen molar-refractivity contribution in [3.63, 3.8) is 0 Å². The van der Waals surface area contributed by atoms with Crippen LogP contribution in [0.4, 0.5) is 0 Å². The molecule has 1 aromatic carbocycles. The molecule has 20 heavy (non-hydrogen) atoms. The molecule has 1 rings (SSSR count). The van der Waals surface area contributed by atoms with Gasteiger partial charge in [0.05, 0.1) is 18.3 Å². The second kappa shape index (κ2) is 8.29. The van der Waals surface area contributed by atoms with E-state index in [1.54, 1.807) is 24.3 Å². The molecule has 110 valence electrons. The summed E-state index contributed by atoms with van der Waals surface area (Å²) in [6.45, 7) is 1.69. The molecule has 0 aliphatic carbocycles. The third-order valence-electron chi connectivity index (χ3n) is 2.66. The fourth-order valence-electron chi connectivity index (χ4n) is 1.58. The van der Waals surface area contributed by atoms with Gasteiger partial charge in [0.15, 0.2) is 0 Å². The Bertz CT molecular complexity index is 426. The fraction of sp³-hybridized carbons (Fsp3) is 0.429. The standard InChI is InChI=1S/C14H18O6/c1-10(17)7-20-14(18)12-4-2-11(3-5-12)13(6-15)8-19-9-16/h2-5,9-10,13,15,17H,6-8H2,1H3. The van der Waals surface area contributed by atoms with Crippen molar-refractivity contribution < 1.29 is 29.3 Å². The normalized spacial score (nSPS) is 13.3. The zero-order chi connectivity index (χ0) is 15.0. The highest BCUT2D eigenvalue weighted by atomic mass is 16.5. The smallest absolute Gasteiger partial charge is 0.338 e. The van der Waals surface area contributed by atoms with Gasteiger partial charge in [-0.3, -0.25) is 4.79 Å². The lowest BCUT2D eigenvalue weighted by Crippen LogP contribution is -2.16. The number of rotatable bonds is 8. The fourth-order valence-corrected chi connectivity index (χ4v) is 1.58. The Kier molecular flexibility index (Phi) is 6.69. The van der Waals surface area contributed by atoms with Crippen molar-refractivity contribution in [3.8, 4) is 0 Å². The van der Waals surface area contributed by atoms with E-state index in [-0.39, 0.29) is 25.7 Å². The molecule has 0 saturated heterocycles. The Balaban J connectivity index is 2.67. The highest BCUT2D eigenvalue weighted by Gasteiger charge is 2.13. The first-order chi connectivity index (χ1) is 9.58. The number of carbonyl (C=O) groups is 2. The first kappa shape index (κ1) is 16.1. The number of esters is 1. The molecule has 0 amide bonds. The maximum absolute atomic E-state index is 11.6. The van der Waals surface area contributed by atoms with Crippen LogP contribution in [0.25, 0.3) is 0 Å². The van der Waals surface area contributed by atoms with Crippen LogP contribution in [-0.2, 0) is 14.3 Å². The lowest BCUT2D eigenvalue weighted by molar-refractivity contribution is -0.129. The highest BCUT2D eigenvalue weighted by Crippen LogP contribution is 2.17. The van der Waals surface area contributed by atoms with Crippen molar-refractivity contribution in [1.82, 2.24) is 0 Å². The topological polar surface area (TPSA) is 93.1 Å². The molecular weight excluding hydrogens is 264 g/mol. The van der Waals surface area contributed by atoms with Crippen molar-refractivity contribution in [1.29, 1.82) is 0 Å². The first-order valence-electron chi connectivity index (χ1n) is 6.19. The van der Waals surface area contributed by atoms with Gasteiger partial charge >= 0.3 is 5.97 Å². The molecule has 0 aliphatic heterocycles. The third-order valence-corrected chi connectivity index (χ3v) is 2.66. The van der Waals surface area contributed by atoms with Crippen molar-refractivity contribution in [3.05, 3.63) is 35.4 Å². The van der Waals surface area contributed by atoms with E-state index < -0.39 is 12.1 Å². The Morgan fingerprint density at radius 2 is 1.95 bits per heavy atom. The number of carbonyl (C=O) groups excluding carboxylic acids is 2. The summed E-state index contributed by atoms with van der Waals surface area (Å²) >= 11 is 0. The van der Waals surface area contributed by atoms with Crippen LogP contribution in [0.2, 0.25) is 0 Å². The van der Waals surface area contributed by atoms with Gasteiger partial charge in [-0.25, -0.2) is 4.79 Å². The van der Waals surface area contributed by atoms with Gasteiger partial charge in [0, 0.05) is 5.92 Å². The van der Waals surface area contributed by atoms with Crippen LogP contribution in [0.5, 0.6) is 0 Å². The average Bonchev–Trinajstić information content (AvgIpc) is 2.46. The lowest BCUT2D eigenvalue weighted by Gasteiger charge is -2.13. The van der Waals surface area contributed by atoms with Crippen LogP contribution in [0, 0.1) is 0 Å². The van der Waals surface area contributed by atoms with Crippen molar-refractivity contribution in [2.75, 3.05) is 19.8 Å². The molecule has 2 unspecified atom stereocenters. The zero-order valence-electron chi connectivity index (χ0n) is 11.2. The number of benzene rings is 1. The van der Waals surface area contributed by atoms with Crippen molar-refractivity contribution >= 4 is 12.4 Å². The molecule has 0 heterocycles. The van der Waals surface area contributed by atoms with Gasteiger partial charge < -0.3 is 19.7 Å². The Hall–Kier alpha value is -1.92. The van der Waals surface area contributed by atoms with E-state index in [1.807, 2.05) is 0 Å². The summed E-state index contributed by atoms with van der Waals surface area (Å²) in [5.41, 5.74) is 1.10. The number of aliphatic hydroxyl groups excluding tert-OH is 2. The van der Waals surface area contributed by atoms with Crippen LogP contribution >= 0.6 is 0 Å². The third kappa shape index (κ3) is 4.99. The maximum atomic E-state index is 11.6. The molecule has 6 heteroatoms. The number of aliphatic hydroxyl groups is 2. The molecule has 0 aromatic heterocycles. The van der Waals surface area contributed by atoms with Gasteiger partial charge in [-0.15, -0.1) is 0 Å². The van der Waals surface area contributed by atoms with Gasteiger partial charge in [-0.05, 0) is 24.6 Å². The maximum Gasteiger partial charge on any atom is 0.338 e. The van der Waals surface area contributed by atoms with E-state index in [0.717, 1.165) is 5.56 Å². The minimum atomic E-state index is -0.711. The molecule has 0 spiro atoms. The van der Waals surface area contributed by atoms with Gasteiger partial charge in [-0.2, -0.15) is 0 Å². The SMILES string of the molecule is CC(O)COC(=O)c1ccc(C(CO)COC=O)cc1. The first-order valence-corrected chi connectivity index (χ1v) is 6.19. The van der Waals surface area contributed by atoms with E-state index in [4.69, 9.17) is 9.84 Å². The number of hydrogen-bond donors (Lipinski definition) is 2. The molecule has 0 bridgehead atoms. The van der Waals surface area contributed by atoms with E-state index >= 15 is 0 Å². The van der Waals surface area contributed by atoms with Gasteiger partial charge in [-0.1, -0.05) is 12.1 Å². The summed E-state index contributed by atoms with van der Waals surface area (Å²) in [7, 11) is 0. The second-order valence-electron chi connectivity index (χ2n) is 4.38. The van der Waals surface area contributed by atoms with Crippen molar-refractivity contribution in [2.24, 2.45) is 0 Å². The number of ether oxygens (including phenoxy) is 2. The van der Waals surface area contributed by atoms with Gasteiger partial charge in [0.25, 0.3) is 6.47 Å². The quantitative estimate of drug-likeness (QED) is 0.532. The molecule has 2 N–H and O–H groups in total. The lowest BCUT2D eigenvalue weighted by atomic mass is 9.99. The Morgan fingerprint density at radius 3 is 2.45 bits per heavy atom. The van der Waals surface area contributed by atoms with E-state index in [9.17, 15) is 14.7 Å². The van der Waals surface area contributed by atoms with Gasteiger partial charge in [0.1, 0.15) is 13.2 Å². The molecule has 1 aromatic rings. The van der Waals surface area contributed by atoms with Crippen LogP contribution in [0.1, 0.15) is 28.8 Å². The van der Waals surface area contributed by atoms with Crippen LogP contribution in [-0.4, -0.2) is 48.6 Å². The van der Waals surface area contributed by atoms with Crippen LogP contribution in [0.15, 0.2) is 24.3 Å². The number of hydrogen-bond acceptors (Lipinski definition) is 6. The Labute approximate surface area is 116 Å². The average molecular weight is 282 g/mol. The van der Waals surface area contributed by atoms with Crippen molar-refractivity contribution in [2.45, 2.75) is 18.9 Å². The summed E-state index contributed by atoms with van der Waals surface area (Å²) in [6, 6.07) is 6.44. The molecule has 0 aliphatic rings. The summed E-state index contributed by atoms with van der Waals surface area (Å²) in [4.78, 5) is 21.8. The molecule has 0 saturated carbocycles. The Morgan fingerprint density at radius 1 is 1.30 bits per heavy atom. The molecule has 6 nitrogen and oxygen atoms in total. The molecule has 0 fully saturated rings. The second-order valence-corrected chi connectivity index (χ2v) is 4.38. The summed E-state index contributed by atoms with van der Waals surface area (Å²) in [5, 5.41) is 18.2.